The fourth-order valence-electron chi connectivity index (χ4n) is 5.56. The van der Waals surface area contributed by atoms with Gasteiger partial charge in [0.2, 0.25) is 5.92 Å². The topological polar surface area (TPSA) is 80.7 Å². The van der Waals surface area contributed by atoms with Gasteiger partial charge in [0.05, 0.1) is 0 Å². The van der Waals surface area contributed by atoms with E-state index in [1.807, 2.05) is 0 Å². The average molecular weight is 557 g/mol. The van der Waals surface area contributed by atoms with Crippen molar-refractivity contribution in [2.24, 2.45) is 23.2 Å². The second-order valence-corrected chi connectivity index (χ2v) is 13.2. The van der Waals surface area contributed by atoms with Gasteiger partial charge in [-0.05, 0) is 128 Å². The zero-order valence-electron chi connectivity index (χ0n) is 26.8. The molecule has 0 aromatic rings. The van der Waals surface area contributed by atoms with Crippen molar-refractivity contribution in [3.63, 3.8) is 0 Å². The first-order valence-electron chi connectivity index (χ1n) is 15.3. The predicted molar refractivity (Wildman–Crippen MR) is 165 cm³/mol. The molecule has 40 heavy (non-hydrogen) atoms. The maximum atomic E-state index is 13.2. The minimum atomic E-state index is -1.84. The van der Waals surface area contributed by atoms with E-state index in [4.69, 9.17) is 4.74 Å². The molecule has 1 aliphatic rings. The van der Waals surface area contributed by atoms with Crippen molar-refractivity contribution >= 4 is 17.7 Å². The third kappa shape index (κ3) is 13.3. The Kier molecular flexibility index (Phi) is 15.5. The van der Waals surface area contributed by atoms with Crippen LogP contribution in [0.15, 0.2) is 46.6 Å². The molecule has 0 aromatic heterocycles. The molecule has 1 aliphatic carbocycles. The first-order chi connectivity index (χ1) is 18.6. The van der Waals surface area contributed by atoms with Crippen LogP contribution in [0.2, 0.25) is 0 Å². The number of esters is 1. The van der Waals surface area contributed by atoms with Gasteiger partial charge < -0.3 is 9.84 Å². The van der Waals surface area contributed by atoms with E-state index < -0.39 is 29.7 Å². The van der Waals surface area contributed by atoms with Crippen molar-refractivity contribution in [1.82, 2.24) is 0 Å². The van der Waals surface area contributed by atoms with Crippen LogP contribution in [0.4, 0.5) is 0 Å². The summed E-state index contributed by atoms with van der Waals surface area (Å²) in [5.74, 6) is -4.23. The lowest BCUT2D eigenvalue weighted by Gasteiger charge is -2.32. The standard InChI is InChI=1S/C35H56O5/c1-24(2)13-10-15-26(5)18-19-29(23-27(6)16-11-14-25(3)4)40-34(39)32(33(37)38)31(36)21-20-30-28(7)17-12-22-35(30,8)9/h13-14,20-21,26-27,29,32H,10-12,15-19,22-23H2,1-9H3,(H,37,38). The number of ketones is 1. The molecule has 1 N–H and O–H groups in total. The fraction of sp³-hybridized carbons (Fsp3) is 0.686. The highest BCUT2D eigenvalue weighted by Gasteiger charge is 2.36. The van der Waals surface area contributed by atoms with E-state index in [0.29, 0.717) is 24.7 Å². The minimum Gasteiger partial charge on any atom is -0.480 e. The Balaban J connectivity index is 3.00. The summed E-state index contributed by atoms with van der Waals surface area (Å²) in [6, 6.07) is 0. The van der Waals surface area contributed by atoms with Crippen LogP contribution < -0.4 is 0 Å². The first kappa shape index (κ1) is 35.6. The molecular formula is C35H56O5. The van der Waals surface area contributed by atoms with Crippen LogP contribution in [0.5, 0.6) is 0 Å². The van der Waals surface area contributed by atoms with E-state index in [0.717, 1.165) is 56.9 Å². The number of ether oxygens (including phenoxy) is 1. The van der Waals surface area contributed by atoms with Gasteiger partial charge >= 0.3 is 11.9 Å². The molecule has 0 radical (unpaired) electrons. The SMILES string of the molecule is CC(C)=CCCC(C)CCC(CC(C)CCC=C(C)C)OC(=O)C(C(=O)O)C(=O)C=CC1=C(C)CCCC1(C)C. The maximum absolute atomic E-state index is 13.2. The number of rotatable bonds is 17. The molecule has 4 unspecified atom stereocenters. The molecule has 5 heteroatoms. The van der Waals surface area contributed by atoms with Gasteiger partial charge in [-0.1, -0.05) is 62.6 Å². The Labute approximate surface area is 244 Å². The molecule has 0 saturated carbocycles. The molecule has 1 rings (SSSR count). The number of allylic oxidation sites excluding steroid dienone is 8. The van der Waals surface area contributed by atoms with Crippen molar-refractivity contribution in [3.8, 4) is 0 Å². The van der Waals surface area contributed by atoms with Crippen LogP contribution in [0.1, 0.15) is 127 Å². The van der Waals surface area contributed by atoms with Crippen molar-refractivity contribution < 1.29 is 24.2 Å². The minimum absolute atomic E-state index is 0.0899. The number of carboxylic acid groups (broad SMARTS) is 1. The van der Waals surface area contributed by atoms with Gasteiger partial charge in [-0.3, -0.25) is 14.4 Å². The number of carboxylic acids is 1. The molecule has 226 valence electrons. The van der Waals surface area contributed by atoms with Crippen molar-refractivity contribution in [2.75, 3.05) is 0 Å². The van der Waals surface area contributed by atoms with Crippen molar-refractivity contribution in [2.45, 2.75) is 133 Å². The second-order valence-electron chi connectivity index (χ2n) is 13.2. The van der Waals surface area contributed by atoms with E-state index in [1.54, 1.807) is 6.08 Å². The molecule has 0 fully saturated rings. The summed E-state index contributed by atoms with van der Waals surface area (Å²) >= 11 is 0. The summed E-state index contributed by atoms with van der Waals surface area (Å²) in [7, 11) is 0. The normalized spacial score (nSPS) is 18.0. The summed E-state index contributed by atoms with van der Waals surface area (Å²) in [6.45, 7) is 19.0. The predicted octanol–water partition coefficient (Wildman–Crippen LogP) is 9.19. The van der Waals surface area contributed by atoms with Gasteiger partial charge in [-0.25, -0.2) is 0 Å². The number of carbonyl (C=O) groups is 3. The van der Waals surface area contributed by atoms with Crippen LogP contribution in [0.3, 0.4) is 0 Å². The summed E-state index contributed by atoms with van der Waals surface area (Å²) < 4.78 is 5.83. The lowest BCUT2D eigenvalue weighted by molar-refractivity contribution is -0.164. The summed E-state index contributed by atoms with van der Waals surface area (Å²) in [6.07, 6.45) is 16.2. The van der Waals surface area contributed by atoms with Crippen LogP contribution in [-0.4, -0.2) is 28.9 Å². The zero-order valence-corrected chi connectivity index (χ0v) is 26.8. The van der Waals surface area contributed by atoms with E-state index in [-0.39, 0.29) is 5.41 Å². The quantitative estimate of drug-likeness (QED) is 0.0836. The average Bonchev–Trinajstić information content (AvgIpc) is 2.81. The van der Waals surface area contributed by atoms with E-state index >= 15 is 0 Å². The Morgan fingerprint density at radius 2 is 1.50 bits per heavy atom. The van der Waals surface area contributed by atoms with E-state index in [2.05, 4.69) is 74.5 Å². The first-order valence-corrected chi connectivity index (χ1v) is 15.3. The second kappa shape index (κ2) is 17.4. The fourth-order valence-corrected chi connectivity index (χ4v) is 5.56. The molecule has 0 amide bonds. The zero-order chi connectivity index (χ0) is 30.5. The van der Waals surface area contributed by atoms with Gasteiger partial charge in [0.15, 0.2) is 5.78 Å². The lowest BCUT2D eigenvalue weighted by atomic mass is 9.72. The van der Waals surface area contributed by atoms with Gasteiger partial charge in [0, 0.05) is 0 Å². The van der Waals surface area contributed by atoms with Crippen LogP contribution in [-0.2, 0) is 19.1 Å². The molecule has 0 bridgehead atoms. The largest absolute Gasteiger partial charge is 0.480 e. The number of hydrogen-bond acceptors (Lipinski definition) is 4. The van der Waals surface area contributed by atoms with Crippen LogP contribution in [0.25, 0.3) is 0 Å². The Morgan fingerprint density at radius 1 is 0.925 bits per heavy atom. The summed E-state index contributed by atoms with van der Waals surface area (Å²) in [5, 5.41) is 9.85. The molecule has 0 saturated heterocycles. The van der Waals surface area contributed by atoms with Gasteiger partial charge in [-0.2, -0.15) is 0 Å². The summed E-state index contributed by atoms with van der Waals surface area (Å²) in [4.78, 5) is 38.3. The molecule has 5 nitrogen and oxygen atoms in total. The lowest BCUT2D eigenvalue weighted by Crippen LogP contribution is -2.35. The smallest absolute Gasteiger partial charge is 0.328 e. The molecule has 0 spiro atoms. The van der Waals surface area contributed by atoms with Gasteiger partial charge in [-0.15, -0.1) is 0 Å². The number of aliphatic carboxylic acids is 1. The molecule has 4 atom stereocenters. The highest BCUT2D eigenvalue weighted by Crippen LogP contribution is 2.40. The highest BCUT2D eigenvalue weighted by molar-refractivity contribution is 6.18. The third-order valence-electron chi connectivity index (χ3n) is 8.08. The van der Waals surface area contributed by atoms with Gasteiger partial charge in [0.1, 0.15) is 6.10 Å². The number of carbonyl (C=O) groups excluding carboxylic acids is 2. The monoisotopic (exact) mass is 556 g/mol. The Morgan fingerprint density at radius 3 is 2.02 bits per heavy atom. The van der Waals surface area contributed by atoms with Crippen LogP contribution in [0, 0.1) is 23.2 Å². The molecule has 0 heterocycles. The molecular weight excluding hydrogens is 500 g/mol. The Hall–Kier alpha value is -2.43. The van der Waals surface area contributed by atoms with Crippen molar-refractivity contribution in [3.05, 3.63) is 46.6 Å². The Bertz CT molecular complexity index is 970. The molecule has 0 aliphatic heterocycles. The van der Waals surface area contributed by atoms with Crippen molar-refractivity contribution in [1.29, 1.82) is 0 Å². The third-order valence-corrected chi connectivity index (χ3v) is 8.08. The molecule has 0 aromatic carbocycles. The number of hydrogen-bond donors (Lipinski definition) is 1. The van der Waals surface area contributed by atoms with Crippen LogP contribution >= 0.6 is 0 Å². The maximum Gasteiger partial charge on any atom is 0.328 e. The van der Waals surface area contributed by atoms with E-state index in [1.165, 1.54) is 22.8 Å². The van der Waals surface area contributed by atoms with Gasteiger partial charge in [0.25, 0.3) is 0 Å². The summed E-state index contributed by atoms with van der Waals surface area (Å²) in [5.41, 5.74) is 4.75. The van der Waals surface area contributed by atoms with E-state index in [9.17, 15) is 19.5 Å². The highest BCUT2D eigenvalue weighted by atomic mass is 16.5.